The van der Waals surface area contributed by atoms with Crippen molar-refractivity contribution in [2.45, 2.75) is 32.6 Å². The van der Waals surface area contributed by atoms with Crippen LogP contribution in [0, 0.1) is 12.7 Å². The Morgan fingerprint density at radius 2 is 2.12 bits per heavy atom. The highest BCUT2D eigenvalue weighted by Gasteiger charge is 2.32. The predicted octanol–water partition coefficient (Wildman–Crippen LogP) is 2.26. The Morgan fingerprint density at radius 3 is 2.73 bits per heavy atom. The van der Waals surface area contributed by atoms with Crippen LogP contribution in [0.25, 0.3) is 5.82 Å². The summed E-state index contributed by atoms with van der Waals surface area (Å²) in [5.41, 5.74) is 0.668. The average Bonchev–Trinajstić information content (AvgIpc) is 3.11. The fourth-order valence-electron chi connectivity index (χ4n) is 2.97. The molecule has 0 saturated heterocycles. The molecule has 2 aromatic heterocycles. The minimum atomic E-state index is -0.967. The zero-order valence-electron chi connectivity index (χ0n) is 15.0. The molecule has 26 heavy (non-hydrogen) atoms. The number of rotatable bonds is 5. The van der Waals surface area contributed by atoms with Gasteiger partial charge in [0.1, 0.15) is 11.6 Å². The van der Waals surface area contributed by atoms with E-state index in [4.69, 9.17) is 0 Å². The third-order valence-electron chi connectivity index (χ3n) is 4.65. The molecule has 0 fully saturated rings. The van der Waals surface area contributed by atoms with Gasteiger partial charge in [0.15, 0.2) is 5.82 Å². The Labute approximate surface area is 150 Å². The van der Waals surface area contributed by atoms with Gasteiger partial charge >= 0.3 is 0 Å². The minimum absolute atomic E-state index is 0.282. The Morgan fingerprint density at radius 1 is 1.35 bits per heavy atom. The maximum atomic E-state index is 14.6. The van der Waals surface area contributed by atoms with Gasteiger partial charge in [-0.3, -0.25) is 4.79 Å². The second-order valence-corrected chi connectivity index (χ2v) is 6.52. The molecule has 1 atom stereocenters. The third kappa shape index (κ3) is 3.17. The molecular weight excluding hydrogens is 335 g/mol. The maximum Gasteiger partial charge on any atom is 0.253 e. The molecule has 0 aliphatic rings. The second kappa shape index (κ2) is 6.84. The topological polar surface area (TPSA) is 83.8 Å². The summed E-state index contributed by atoms with van der Waals surface area (Å²) in [7, 11) is 0. The molecular formula is C19H21FN4O2. The molecule has 1 unspecified atom stereocenters. The van der Waals surface area contributed by atoms with Crippen molar-refractivity contribution in [3.8, 4) is 5.82 Å². The number of halogens is 1. The first-order valence-corrected chi connectivity index (χ1v) is 8.40. The molecule has 6 nitrogen and oxygen atoms in total. The Kier molecular flexibility index (Phi) is 4.73. The summed E-state index contributed by atoms with van der Waals surface area (Å²) < 4.78 is 16.1. The van der Waals surface area contributed by atoms with Gasteiger partial charge in [-0.15, -0.1) is 0 Å². The molecule has 0 saturated carbocycles. The van der Waals surface area contributed by atoms with E-state index in [1.165, 1.54) is 16.8 Å². The fourth-order valence-corrected chi connectivity index (χ4v) is 2.97. The zero-order valence-corrected chi connectivity index (χ0v) is 15.0. The van der Waals surface area contributed by atoms with Crippen molar-refractivity contribution >= 4 is 0 Å². The molecule has 136 valence electrons. The molecule has 0 aliphatic heterocycles. The quantitative estimate of drug-likeness (QED) is 0.734. The summed E-state index contributed by atoms with van der Waals surface area (Å²) in [5, 5.41) is 14.3. The first-order chi connectivity index (χ1) is 12.4. The van der Waals surface area contributed by atoms with Crippen LogP contribution in [-0.4, -0.2) is 31.5 Å². The lowest BCUT2D eigenvalue weighted by Crippen LogP contribution is -2.29. The number of aliphatic hydroxyl groups is 1. The number of aliphatic hydroxyl groups excluding tert-OH is 1. The van der Waals surface area contributed by atoms with E-state index in [9.17, 15) is 14.3 Å². The molecule has 0 bridgehead atoms. The van der Waals surface area contributed by atoms with Crippen LogP contribution in [-0.2, 0) is 11.8 Å². The van der Waals surface area contributed by atoms with Crippen molar-refractivity contribution in [3.63, 3.8) is 0 Å². The summed E-state index contributed by atoms with van der Waals surface area (Å²) in [6.07, 6.45) is 3.95. The molecule has 1 aromatic carbocycles. The first-order valence-electron chi connectivity index (χ1n) is 8.40. The first kappa shape index (κ1) is 18.0. The summed E-state index contributed by atoms with van der Waals surface area (Å²) >= 11 is 0. The van der Waals surface area contributed by atoms with Crippen molar-refractivity contribution < 1.29 is 9.50 Å². The molecule has 3 aromatic rings. The number of nitrogens with zero attached hydrogens (tertiary/aromatic N) is 3. The van der Waals surface area contributed by atoms with Crippen LogP contribution in [0.2, 0.25) is 0 Å². The lowest BCUT2D eigenvalue weighted by molar-refractivity contribution is 0.228. The van der Waals surface area contributed by atoms with E-state index >= 15 is 0 Å². The molecule has 2 N–H and O–H groups in total. The lowest BCUT2D eigenvalue weighted by atomic mass is 9.78. The number of hydrogen-bond acceptors (Lipinski definition) is 4. The van der Waals surface area contributed by atoms with E-state index in [0.717, 1.165) is 12.0 Å². The molecule has 3 rings (SSSR count). The van der Waals surface area contributed by atoms with Crippen molar-refractivity contribution in [2.24, 2.45) is 0 Å². The van der Waals surface area contributed by atoms with Gasteiger partial charge in [-0.25, -0.2) is 14.1 Å². The van der Waals surface area contributed by atoms with E-state index in [0.29, 0.717) is 22.8 Å². The largest absolute Gasteiger partial charge is 0.395 e. The number of benzene rings is 1. The van der Waals surface area contributed by atoms with Crippen molar-refractivity contribution in [2.75, 3.05) is 6.61 Å². The van der Waals surface area contributed by atoms with Gasteiger partial charge in [0.25, 0.3) is 5.56 Å². The van der Waals surface area contributed by atoms with Crippen LogP contribution in [0.1, 0.15) is 36.4 Å². The van der Waals surface area contributed by atoms with Crippen LogP contribution in [0.4, 0.5) is 4.39 Å². The number of aromatic nitrogens is 4. The SMILES string of the molecule is CCc1ccc(C(C)(CO)c2cnn(-c3cc(=O)[nH]c(C)n3)c2)c(F)c1. The van der Waals surface area contributed by atoms with Crippen molar-refractivity contribution in [1.82, 2.24) is 19.7 Å². The predicted molar refractivity (Wildman–Crippen MR) is 96.0 cm³/mol. The second-order valence-electron chi connectivity index (χ2n) is 6.52. The zero-order chi connectivity index (χ0) is 18.9. The van der Waals surface area contributed by atoms with Gasteiger partial charge < -0.3 is 10.1 Å². The monoisotopic (exact) mass is 356 g/mol. The smallest absolute Gasteiger partial charge is 0.253 e. The van der Waals surface area contributed by atoms with E-state index in [2.05, 4.69) is 15.1 Å². The highest BCUT2D eigenvalue weighted by atomic mass is 19.1. The summed E-state index contributed by atoms with van der Waals surface area (Å²) in [6, 6.07) is 6.39. The summed E-state index contributed by atoms with van der Waals surface area (Å²) in [5.74, 6) is 0.467. The minimum Gasteiger partial charge on any atom is -0.395 e. The average molecular weight is 356 g/mol. The molecule has 0 spiro atoms. The van der Waals surface area contributed by atoms with Gasteiger partial charge in [-0.2, -0.15) is 5.10 Å². The van der Waals surface area contributed by atoms with Crippen LogP contribution in [0.5, 0.6) is 0 Å². The standard InChI is InChI=1S/C19H21FN4O2/c1-4-13-5-6-15(16(20)7-13)19(3,11-25)14-9-21-24(10-14)17-8-18(26)23-12(2)22-17/h5-10,25H,4,11H2,1-3H3,(H,22,23,26). The van der Waals surface area contributed by atoms with E-state index in [-0.39, 0.29) is 18.0 Å². The van der Waals surface area contributed by atoms with Gasteiger partial charge in [0.05, 0.1) is 12.8 Å². The number of nitrogens with one attached hydrogen (secondary N) is 1. The van der Waals surface area contributed by atoms with E-state index < -0.39 is 5.41 Å². The van der Waals surface area contributed by atoms with E-state index in [1.807, 2.05) is 13.0 Å². The summed E-state index contributed by atoms with van der Waals surface area (Å²) in [4.78, 5) is 18.5. The highest BCUT2D eigenvalue weighted by Crippen LogP contribution is 2.33. The van der Waals surface area contributed by atoms with Gasteiger partial charge in [-0.05, 0) is 31.9 Å². The lowest BCUT2D eigenvalue weighted by Gasteiger charge is -2.27. The Balaban J connectivity index is 2.06. The molecule has 0 amide bonds. The maximum absolute atomic E-state index is 14.6. The van der Waals surface area contributed by atoms with Crippen LogP contribution in [0.3, 0.4) is 0 Å². The van der Waals surface area contributed by atoms with Crippen molar-refractivity contribution in [1.29, 1.82) is 0 Å². The van der Waals surface area contributed by atoms with Crippen LogP contribution < -0.4 is 5.56 Å². The normalized spacial score (nSPS) is 13.6. The van der Waals surface area contributed by atoms with Crippen molar-refractivity contribution in [3.05, 3.63) is 75.3 Å². The van der Waals surface area contributed by atoms with Crippen LogP contribution in [0.15, 0.2) is 41.5 Å². The number of aromatic amines is 1. The number of aryl methyl sites for hydroxylation is 2. The molecule has 7 heteroatoms. The van der Waals surface area contributed by atoms with Crippen LogP contribution >= 0.6 is 0 Å². The number of hydrogen-bond donors (Lipinski definition) is 2. The molecule has 0 aliphatic carbocycles. The Bertz CT molecular complexity index is 995. The van der Waals surface area contributed by atoms with Gasteiger partial charge in [0.2, 0.25) is 0 Å². The van der Waals surface area contributed by atoms with E-state index in [1.54, 1.807) is 32.3 Å². The fraction of sp³-hybridized carbons (Fsp3) is 0.316. The molecule has 0 radical (unpaired) electrons. The summed E-state index contributed by atoms with van der Waals surface area (Å²) in [6.45, 7) is 5.11. The number of H-pyrrole nitrogens is 1. The van der Waals surface area contributed by atoms with Gasteiger partial charge in [-0.1, -0.05) is 19.1 Å². The highest BCUT2D eigenvalue weighted by molar-refractivity contribution is 5.40. The third-order valence-corrected chi connectivity index (χ3v) is 4.65. The Hall–Kier alpha value is -2.80. The van der Waals surface area contributed by atoms with Gasteiger partial charge in [0, 0.05) is 28.8 Å². The molecule has 2 heterocycles.